The molecule has 0 bridgehead atoms. The van der Waals surface area contributed by atoms with Crippen LogP contribution in [0.25, 0.3) is 0 Å². The van der Waals surface area contributed by atoms with E-state index in [1.54, 1.807) is 6.07 Å². The Labute approximate surface area is 204 Å². The monoisotopic (exact) mass is 503 g/mol. The molecule has 34 heavy (non-hydrogen) atoms. The van der Waals surface area contributed by atoms with Gasteiger partial charge in [0, 0.05) is 31.2 Å². The lowest BCUT2D eigenvalue weighted by Gasteiger charge is -2.36. The first kappa shape index (κ1) is 23.9. The van der Waals surface area contributed by atoms with E-state index in [2.05, 4.69) is 14.9 Å². The minimum Gasteiger partial charge on any atom is -0.495 e. The molecule has 9 nitrogen and oxygen atoms in total. The molecule has 1 aliphatic heterocycles. The van der Waals surface area contributed by atoms with E-state index in [0.717, 1.165) is 24.5 Å². The van der Waals surface area contributed by atoms with Crippen LogP contribution in [0.5, 0.6) is 11.5 Å². The quantitative estimate of drug-likeness (QED) is 0.519. The third-order valence-electron chi connectivity index (χ3n) is 5.54. The molecule has 1 fully saturated rings. The van der Waals surface area contributed by atoms with Gasteiger partial charge < -0.3 is 25.0 Å². The molecule has 0 radical (unpaired) electrons. The predicted molar refractivity (Wildman–Crippen MR) is 132 cm³/mol. The second-order valence-corrected chi connectivity index (χ2v) is 9.92. The number of anilines is 3. The van der Waals surface area contributed by atoms with Crippen molar-refractivity contribution in [1.82, 2.24) is 9.97 Å². The maximum absolute atomic E-state index is 13.2. The maximum atomic E-state index is 13.2. The first-order valence-electron chi connectivity index (χ1n) is 10.8. The fourth-order valence-corrected chi connectivity index (χ4v) is 5.54. The molecular weight excluding hydrogens is 478 g/mol. The van der Waals surface area contributed by atoms with Gasteiger partial charge in [0.05, 0.1) is 25.6 Å². The number of nitrogens with two attached hydrogens (primary N) is 1. The first-order chi connectivity index (χ1) is 16.3. The van der Waals surface area contributed by atoms with Gasteiger partial charge >= 0.3 is 0 Å². The molecule has 0 aliphatic carbocycles. The Morgan fingerprint density at radius 2 is 1.74 bits per heavy atom. The van der Waals surface area contributed by atoms with Crippen LogP contribution in [0.15, 0.2) is 58.5 Å². The van der Waals surface area contributed by atoms with Crippen LogP contribution in [0.1, 0.15) is 6.92 Å². The van der Waals surface area contributed by atoms with Gasteiger partial charge in [0.15, 0.2) is 0 Å². The van der Waals surface area contributed by atoms with Crippen LogP contribution in [-0.2, 0) is 9.84 Å². The number of sulfone groups is 1. The van der Waals surface area contributed by atoms with Gasteiger partial charge in [0.2, 0.25) is 15.8 Å². The highest BCUT2D eigenvalue weighted by atomic mass is 35.5. The first-order valence-corrected chi connectivity index (χ1v) is 12.6. The van der Waals surface area contributed by atoms with E-state index in [0.29, 0.717) is 25.6 Å². The van der Waals surface area contributed by atoms with Crippen molar-refractivity contribution < 1.29 is 17.9 Å². The number of methoxy groups -OCH3 is 1. The van der Waals surface area contributed by atoms with Gasteiger partial charge in [-0.25, -0.2) is 13.4 Å². The van der Waals surface area contributed by atoms with E-state index < -0.39 is 9.84 Å². The fourth-order valence-electron chi connectivity index (χ4n) is 3.86. The number of nitrogens with zero attached hydrogens (tertiary/aromatic N) is 4. The predicted octanol–water partition coefficient (Wildman–Crippen LogP) is 3.28. The normalized spacial score (nSPS) is 14.2. The summed E-state index contributed by atoms with van der Waals surface area (Å²) in [5.74, 6) is 1.27. The van der Waals surface area contributed by atoms with Crippen molar-refractivity contribution in [3.63, 3.8) is 0 Å². The molecule has 0 atom stereocenters. The average molecular weight is 504 g/mol. The van der Waals surface area contributed by atoms with Crippen LogP contribution in [0.3, 0.4) is 0 Å². The van der Waals surface area contributed by atoms with Crippen LogP contribution >= 0.6 is 11.6 Å². The number of piperazine rings is 1. The zero-order valence-corrected chi connectivity index (χ0v) is 20.5. The van der Waals surface area contributed by atoms with Crippen LogP contribution in [0.2, 0.25) is 5.02 Å². The summed E-state index contributed by atoms with van der Waals surface area (Å²) in [6.45, 7) is 5.31. The Balaban J connectivity index is 1.53. The maximum Gasteiger partial charge on any atom is 0.227 e. The summed E-state index contributed by atoms with van der Waals surface area (Å²) in [6.07, 6.45) is 1.24. The molecule has 0 amide bonds. The SMILES string of the molecule is CCOc1ccccc1N1CCN(c2ncc(S(=O)(=O)c3cc(Cl)ccc3OC)c(N)n2)CC1. The number of nitrogen functional groups attached to an aromatic ring is 1. The van der Waals surface area contributed by atoms with Gasteiger partial charge in [0.25, 0.3) is 0 Å². The Hall–Kier alpha value is -3.24. The van der Waals surface area contributed by atoms with Gasteiger partial charge in [-0.2, -0.15) is 4.98 Å². The van der Waals surface area contributed by atoms with Gasteiger partial charge in [-0.15, -0.1) is 0 Å². The van der Waals surface area contributed by atoms with Gasteiger partial charge in [-0.05, 0) is 37.3 Å². The summed E-state index contributed by atoms with van der Waals surface area (Å²) in [7, 11) is -2.65. The van der Waals surface area contributed by atoms with Gasteiger partial charge in [0.1, 0.15) is 27.1 Å². The Kier molecular flexibility index (Phi) is 6.99. The number of para-hydroxylation sites is 2. The highest BCUT2D eigenvalue weighted by Crippen LogP contribution is 2.34. The molecule has 180 valence electrons. The second-order valence-electron chi connectivity index (χ2n) is 7.59. The van der Waals surface area contributed by atoms with Crippen LogP contribution < -0.4 is 25.0 Å². The Bertz CT molecular complexity index is 1280. The van der Waals surface area contributed by atoms with E-state index in [4.69, 9.17) is 26.8 Å². The molecule has 1 aromatic heterocycles. The minimum absolute atomic E-state index is 0.0906. The van der Waals surface area contributed by atoms with E-state index in [1.165, 1.54) is 25.4 Å². The molecule has 1 aliphatic rings. The molecule has 0 unspecified atom stereocenters. The summed E-state index contributed by atoms with van der Waals surface area (Å²) >= 11 is 6.02. The fraction of sp³-hybridized carbons (Fsp3) is 0.304. The molecule has 3 aromatic rings. The number of ether oxygens (including phenoxy) is 2. The van der Waals surface area contributed by atoms with E-state index in [-0.39, 0.29) is 26.4 Å². The number of halogens is 1. The molecule has 2 heterocycles. The van der Waals surface area contributed by atoms with Crippen molar-refractivity contribution in [2.45, 2.75) is 16.7 Å². The number of benzene rings is 2. The number of aromatic nitrogens is 2. The van der Waals surface area contributed by atoms with E-state index in [9.17, 15) is 8.42 Å². The third-order valence-corrected chi connectivity index (χ3v) is 7.57. The summed E-state index contributed by atoms with van der Waals surface area (Å²) < 4.78 is 37.4. The lowest BCUT2D eigenvalue weighted by Crippen LogP contribution is -2.47. The van der Waals surface area contributed by atoms with Crippen LogP contribution in [-0.4, -0.2) is 58.3 Å². The molecule has 0 spiro atoms. The zero-order valence-electron chi connectivity index (χ0n) is 18.9. The topological polar surface area (TPSA) is 111 Å². The summed E-state index contributed by atoms with van der Waals surface area (Å²) in [4.78, 5) is 12.6. The lowest BCUT2D eigenvalue weighted by atomic mass is 10.2. The average Bonchev–Trinajstić information content (AvgIpc) is 2.84. The van der Waals surface area contributed by atoms with Gasteiger partial charge in [-0.3, -0.25) is 0 Å². The molecular formula is C23H26ClN5O4S. The number of hydrogen-bond acceptors (Lipinski definition) is 9. The number of rotatable bonds is 7. The second kappa shape index (κ2) is 9.94. The summed E-state index contributed by atoms with van der Waals surface area (Å²) in [6, 6.07) is 12.3. The molecule has 11 heteroatoms. The molecule has 2 aromatic carbocycles. The largest absolute Gasteiger partial charge is 0.495 e. The van der Waals surface area contributed by atoms with E-state index in [1.807, 2.05) is 36.1 Å². The zero-order chi connectivity index (χ0) is 24.3. The van der Waals surface area contributed by atoms with Crippen molar-refractivity contribution in [3.05, 3.63) is 53.7 Å². The highest BCUT2D eigenvalue weighted by Gasteiger charge is 2.28. The Morgan fingerprint density at radius 1 is 1.03 bits per heavy atom. The smallest absolute Gasteiger partial charge is 0.227 e. The third kappa shape index (κ3) is 4.69. The number of hydrogen-bond donors (Lipinski definition) is 1. The minimum atomic E-state index is -4.04. The standard InChI is InChI=1S/C23H26ClN5O4S/c1-3-33-18-7-5-4-6-17(18)28-10-12-29(13-11-28)23-26-15-21(22(25)27-23)34(30,31)20-14-16(24)8-9-19(20)32-2/h4-9,14-15H,3,10-13H2,1-2H3,(H2,25,26,27). The van der Waals surface area contributed by atoms with Crippen molar-refractivity contribution >= 4 is 38.9 Å². The van der Waals surface area contributed by atoms with Crippen LogP contribution in [0, 0.1) is 0 Å². The molecule has 2 N–H and O–H groups in total. The van der Waals surface area contributed by atoms with Crippen molar-refractivity contribution in [2.75, 3.05) is 55.4 Å². The van der Waals surface area contributed by atoms with Crippen LogP contribution in [0.4, 0.5) is 17.5 Å². The molecule has 0 saturated carbocycles. The summed E-state index contributed by atoms with van der Waals surface area (Å²) in [5.41, 5.74) is 7.14. The molecule has 4 rings (SSSR count). The van der Waals surface area contributed by atoms with Gasteiger partial charge in [-0.1, -0.05) is 23.7 Å². The highest BCUT2D eigenvalue weighted by molar-refractivity contribution is 7.91. The summed E-state index contributed by atoms with van der Waals surface area (Å²) in [5, 5.41) is 0.263. The van der Waals surface area contributed by atoms with Crippen molar-refractivity contribution in [2.24, 2.45) is 0 Å². The lowest BCUT2D eigenvalue weighted by molar-refractivity contribution is 0.340. The van der Waals surface area contributed by atoms with E-state index >= 15 is 0 Å². The molecule has 1 saturated heterocycles. The Morgan fingerprint density at radius 3 is 2.41 bits per heavy atom. The van der Waals surface area contributed by atoms with Crippen molar-refractivity contribution in [1.29, 1.82) is 0 Å². The van der Waals surface area contributed by atoms with Crippen molar-refractivity contribution in [3.8, 4) is 11.5 Å².